The molecule has 0 amide bonds. The van der Waals surface area contributed by atoms with Gasteiger partial charge >= 0.3 is 5.69 Å². The van der Waals surface area contributed by atoms with Crippen molar-refractivity contribution in [2.45, 2.75) is 19.9 Å². The van der Waals surface area contributed by atoms with Gasteiger partial charge in [0.15, 0.2) is 5.65 Å². The van der Waals surface area contributed by atoms with Crippen LogP contribution in [0.1, 0.15) is 12.5 Å². The number of aryl methyl sites for hydroxylation is 1. The highest BCUT2D eigenvalue weighted by Crippen LogP contribution is 2.14. The predicted molar refractivity (Wildman–Crippen MR) is 83.8 cm³/mol. The first kappa shape index (κ1) is 13.4. The Labute approximate surface area is 122 Å². The SMILES string of the molecule is CCc1ccccc1NCCn1nc2ccccn2c1=O. The van der Waals surface area contributed by atoms with Crippen molar-refractivity contribution in [2.24, 2.45) is 0 Å². The molecule has 0 spiro atoms. The first-order valence-corrected chi connectivity index (χ1v) is 7.15. The third-order valence-electron chi connectivity index (χ3n) is 3.53. The Morgan fingerprint density at radius 2 is 1.95 bits per heavy atom. The van der Waals surface area contributed by atoms with E-state index in [0.717, 1.165) is 12.1 Å². The van der Waals surface area contributed by atoms with Gasteiger partial charge in [0, 0.05) is 18.4 Å². The number of benzene rings is 1. The molecule has 0 aliphatic heterocycles. The van der Waals surface area contributed by atoms with E-state index in [1.54, 1.807) is 10.6 Å². The fraction of sp³-hybridized carbons (Fsp3) is 0.250. The maximum atomic E-state index is 12.1. The van der Waals surface area contributed by atoms with Crippen molar-refractivity contribution < 1.29 is 0 Å². The van der Waals surface area contributed by atoms with Gasteiger partial charge in [-0.15, -0.1) is 5.10 Å². The number of nitrogens with zero attached hydrogens (tertiary/aromatic N) is 3. The molecule has 0 aliphatic carbocycles. The molecule has 3 rings (SSSR count). The van der Waals surface area contributed by atoms with Crippen LogP contribution in [-0.4, -0.2) is 20.7 Å². The molecular formula is C16H18N4O. The van der Waals surface area contributed by atoms with Crippen LogP contribution >= 0.6 is 0 Å². The minimum atomic E-state index is -0.101. The first-order chi connectivity index (χ1) is 10.3. The van der Waals surface area contributed by atoms with E-state index in [0.29, 0.717) is 18.7 Å². The van der Waals surface area contributed by atoms with E-state index >= 15 is 0 Å². The molecule has 1 N–H and O–H groups in total. The molecule has 5 nitrogen and oxygen atoms in total. The van der Waals surface area contributed by atoms with Crippen molar-refractivity contribution in [3.63, 3.8) is 0 Å². The maximum absolute atomic E-state index is 12.1. The molecule has 0 saturated heterocycles. The Bertz CT molecular complexity index is 803. The normalized spacial score (nSPS) is 10.9. The lowest BCUT2D eigenvalue weighted by molar-refractivity contribution is 0.614. The zero-order valence-corrected chi connectivity index (χ0v) is 12.0. The molecule has 3 aromatic rings. The van der Waals surface area contributed by atoms with E-state index in [9.17, 15) is 4.79 Å². The lowest BCUT2D eigenvalue weighted by Gasteiger charge is -2.10. The second-order valence-corrected chi connectivity index (χ2v) is 4.87. The summed E-state index contributed by atoms with van der Waals surface area (Å²) in [4.78, 5) is 12.1. The number of anilines is 1. The second-order valence-electron chi connectivity index (χ2n) is 4.87. The number of pyridine rings is 1. The summed E-state index contributed by atoms with van der Waals surface area (Å²) in [5.41, 5.74) is 2.98. The van der Waals surface area contributed by atoms with Crippen LogP contribution in [0.2, 0.25) is 0 Å². The highest BCUT2D eigenvalue weighted by Gasteiger charge is 2.05. The molecule has 0 saturated carbocycles. The molecule has 21 heavy (non-hydrogen) atoms. The van der Waals surface area contributed by atoms with Crippen LogP contribution < -0.4 is 11.0 Å². The van der Waals surface area contributed by atoms with E-state index in [4.69, 9.17) is 0 Å². The summed E-state index contributed by atoms with van der Waals surface area (Å²) < 4.78 is 3.05. The van der Waals surface area contributed by atoms with Crippen molar-refractivity contribution in [3.8, 4) is 0 Å². The Kier molecular flexibility index (Phi) is 3.73. The standard InChI is InChI=1S/C16H18N4O/c1-2-13-7-3-4-8-14(13)17-10-12-20-16(21)19-11-6-5-9-15(19)18-20/h3-9,11,17H,2,10,12H2,1H3. The summed E-state index contributed by atoms with van der Waals surface area (Å²) in [7, 11) is 0. The van der Waals surface area contributed by atoms with Crippen molar-refractivity contribution in [1.29, 1.82) is 0 Å². The van der Waals surface area contributed by atoms with Gasteiger partial charge in [-0.1, -0.05) is 31.2 Å². The van der Waals surface area contributed by atoms with Crippen LogP contribution in [0.4, 0.5) is 5.69 Å². The molecule has 0 fully saturated rings. The number of aromatic nitrogens is 3. The molecule has 2 aromatic heterocycles. The molecule has 0 atom stereocenters. The molecule has 108 valence electrons. The van der Waals surface area contributed by atoms with Gasteiger partial charge in [0.05, 0.1) is 6.54 Å². The van der Waals surface area contributed by atoms with Crippen molar-refractivity contribution >= 4 is 11.3 Å². The largest absolute Gasteiger partial charge is 0.383 e. The van der Waals surface area contributed by atoms with Crippen LogP contribution in [0.5, 0.6) is 0 Å². The van der Waals surface area contributed by atoms with Gasteiger partial charge in [0.2, 0.25) is 0 Å². The monoisotopic (exact) mass is 282 g/mol. The van der Waals surface area contributed by atoms with E-state index in [-0.39, 0.29) is 5.69 Å². The summed E-state index contributed by atoms with van der Waals surface area (Å²) >= 11 is 0. The first-order valence-electron chi connectivity index (χ1n) is 7.15. The number of hydrogen-bond donors (Lipinski definition) is 1. The van der Waals surface area contributed by atoms with Gasteiger partial charge in [-0.25, -0.2) is 9.48 Å². The van der Waals surface area contributed by atoms with Gasteiger partial charge in [-0.05, 0) is 30.2 Å². The fourth-order valence-electron chi connectivity index (χ4n) is 2.41. The van der Waals surface area contributed by atoms with Gasteiger partial charge in [0.1, 0.15) is 0 Å². The van der Waals surface area contributed by atoms with E-state index in [1.807, 2.05) is 30.3 Å². The molecule has 0 radical (unpaired) electrons. The Hall–Kier alpha value is -2.56. The number of nitrogens with one attached hydrogen (secondary N) is 1. The highest BCUT2D eigenvalue weighted by atomic mass is 16.2. The number of rotatable bonds is 5. The van der Waals surface area contributed by atoms with Gasteiger partial charge < -0.3 is 5.32 Å². The zero-order valence-electron chi connectivity index (χ0n) is 12.0. The number of para-hydroxylation sites is 1. The van der Waals surface area contributed by atoms with Gasteiger partial charge in [-0.3, -0.25) is 4.40 Å². The van der Waals surface area contributed by atoms with Crippen LogP contribution in [0, 0.1) is 0 Å². The molecule has 0 bridgehead atoms. The average molecular weight is 282 g/mol. The smallest absolute Gasteiger partial charge is 0.350 e. The summed E-state index contributed by atoms with van der Waals surface area (Å²) in [6.07, 6.45) is 2.72. The van der Waals surface area contributed by atoms with E-state index in [2.05, 4.69) is 29.5 Å². The predicted octanol–water partition coefficient (Wildman–Crippen LogP) is 2.17. The molecule has 5 heteroatoms. The molecule has 2 heterocycles. The summed E-state index contributed by atoms with van der Waals surface area (Å²) in [6.45, 7) is 3.34. The third kappa shape index (κ3) is 2.67. The summed E-state index contributed by atoms with van der Waals surface area (Å²) in [6, 6.07) is 13.8. The van der Waals surface area contributed by atoms with Crippen LogP contribution in [-0.2, 0) is 13.0 Å². The van der Waals surface area contributed by atoms with Crippen LogP contribution in [0.15, 0.2) is 53.5 Å². The topological polar surface area (TPSA) is 51.3 Å². The van der Waals surface area contributed by atoms with E-state index < -0.39 is 0 Å². The average Bonchev–Trinajstić information content (AvgIpc) is 2.85. The third-order valence-corrected chi connectivity index (χ3v) is 3.53. The Morgan fingerprint density at radius 3 is 2.76 bits per heavy atom. The van der Waals surface area contributed by atoms with E-state index in [1.165, 1.54) is 10.2 Å². The quantitative estimate of drug-likeness (QED) is 0.780. The molecular weight excluding hydrogens is 264 g/mol. The lowest BCUT2D eigenvalue weighted by Crippen LogP contribution is -2.24. The van der Waals surface area contributed by atoms with Gasteiger partial charge in [-0.2, -0.15) is 0 Å². The second kappa shape index (κ2) is 5.83. The minimum Gasteiger partial charge on any atom is -0.383 e. The van der Waals surface area contributed by atoms with Gasteiger partial charge in [0.25, 0.3) is 0 Å². The molecule has 1 aromatic carbocycles. The van der Waals surface area contributed by atoms with Crippen molar-refractivity contribution in [3.05, 3.63) is 64.7 Å². The zero-order chi connectivity index (χ0) is 14.7. The number of hydrogen-bond acceptors (Lipinski definition) is 3. The Morgan fingerprint density at radius 1 is 1.14 bits per heavy atom. The van der Waals surface area contributed by atoms with Crippen LogP contribution in [0.3, 0.4) is 0 Å². The van der Waals surface area contributed by atoms with Crippen LogP contribution in [0.25, 0.3) is 5.65 Å². The Balaban J connectivity index is 1.72. The molecule has 0 aliphatic rings. The lowest BCUT2D eigenvalue weighted by atomic mass is 10.1. The summed E-state index contributed by atoms with van der Waals surface area (Å²) in [5, 5.41) is 7.69. The summed E-state index contributed by atoms with van der Waals surface area (Å²) in [5.74, 6) is 0. The molecule has 0 unspecified atom stereocenters. The fourth-order valence-corrected chi connectivity index (χ4v) is 2.41. The number of fused-ring (bicyclic) bond motifs is 1. The highest BCUT2D eigenvalue weighted by molar-refractivity contribution is 5.50. The maximum Gasteiger partial charge on any atom is 0.350 e. The van der Waals surface area contributed by atoms with Crippen molar-refractivity contribution in [1.82, 2.24) is 14.2 Å². The van der Waals surface area contributed by atoms with Crippen molar-refractivity contribution in [2.75, 3.05) is 11.9 Å². The minimum absolute atomic E-state index is 0.101.